The zero-order valence-electron chi connectivity index (χ0n) is 17.9. The van der Waals surface area contributed by atoms with Crippen LogP contribution in [0.1, 0.15) is 50.0 Å². The molecule has 0 spiro atoms. The van der Waals surface area contributed by atoms with Crippen LogP contribution in [0.2, 0.25) is 0 Å². The van der Waals surface area contributed by atoms with E-state index < -0.39 is 0 Å². The predicted octanol–water partition coefficient (Wildman–Crippen LogP) is 2.72. The monoisotopic (exact) mass is 409 g/mol. The summed E-state index contributed by atoms with van der Waals surface area (Å²) in [5.74, 6) is 1.35. The van der Waals surface area contributed by atoms with Crippen molar-refractivity contribution in [1.29, 1.82) is 0 Å². The van der Waals surface area contributed by atoms with Gasteiger partial charge in [0, 0.05) is 49.9 Å². The lowest BCUT2D eigenvalue weighted by atomic mass is 9.97. The van der Waals surface area contributed by atoms with Gasteiger partial charge in [-0.1, -0.05) is 0 Å². The molecule has 0 unspecified atom stereocenters. The number of hydrogen-bond donors (Lipinski definition) is 0. The van der Waals surface area contributed by atoms with Crippen LogP contribution in [0.4, 0.5) is 5.69 Å². The van der Waals surface area contributed by atoms with Gasteiger partial charge in [-0.2, -0.15) is 10.2 Å². The standard InChI is InChI=1S/C22H31N7O/c1-17(2)28-14-18(12-23-28)13-26-7-3-4-19(15-26)22-24-21-6-5-20(16-29(21)25-22)27-8-10-30-11-9-27/h5-6,12,14,16-17,19H,3-4,7-11,13,15H2,1-2H3/t19-/m0/s1. The third-order valence-electron chi connectivity index (χ3n) is 6.17. The summed E-state index contributed by atoms with van der Waals surface area (Å²) in [6, 6.07) is 4.64. The van der Waals surface area contributed by atoms with Gasteiger partial charge in [0.25, 0.3) is 0 Å². The van der Waals surface area contributed by atoms with Crippen molar-refractivity contribution in [1.82, 2.24) is 29.3 Å². The second kappa shape index (κ2) is 8.35. The fourth-order valence-electron chi connectivity index (χ4n) is 4.48. The number of likely N-dealkylation sites (tertiary alicyclic amines) is 1. The average Bonchev–Trinajstić information content (AvgIpc) is 3.41. The lowest BCUT2D eigenvalue weighted by Crippen LogP contribution is -2.36. The van der Waals surface area contributed by atoms with Crippen molar-refractivity contribution >= 4 is 11.3 Å². The molecular formula is C22H31N7O. The first-order valence-electron chi connectivity index (χ1n) is 11.1. The van der Waals surface area contributed by atoms with Crippen LogP contribution in [0.5, 0.6) is 0 Å². The molecule has 3 aromatic heterocycles. The van der Waals surface area contributed by atoms with E-state index in [9.17, 15) is 0 Å². The van der Waals surface area contributed by atoms with Gasteiger partial charge in [0.05, 0.1) is 31.3 Å². The SMILES string of the molecule is CC(C)n1cc(CN2CCC[C@H](c3nc4ccc(N5CCOCC5)cn4n3)C2)cn1. The number of anilines is 1. The Labute approximate surface area is 177 Å². The molecule has 2 aliphatic heterocycles. The van der Waals surface area contributed by atoms with Gasteiger partial charge >= 0.3 is 0 Å². The molecule has 0 N–H and O–H groups in total. The van der Waals surface area contributed by atoms with Crippen LogP contribution >= 0.6 is 0 Å². The van der Waals surface area contributed by atoms with E-state index in [0.717, 1.165) is 63.8 Å². The van der Waals surface area contributed by atoms with E-state index in [-0.39, 0.29) is 0 Å². The first kappa shape index (κ1) is 19.5. The highest BCUT2D eigenvalue weighted by molar-refractivity contribution is 5.51. The van der Waals surface area contributed by atoms with Crippen molar-refractivity contribution in [3.05, 3.63) is 42.1 Å². The summed E-state index contributed by atoms with van der Waals surface area (Å²) in [5.41, 5.74) is 3.40. The minimum absolute atomic E-state index is 0.380. The second-order valence-electron chi connectivity index (χ2n) is 8.76. The Kier molecular flexibility index (Phi) is 5.43. The molecule has 160 valence electrons. The summed E-state index contributed by atoms with van der Waals surface area (Å²) in [6.07, 6.45) is 8.61. The van der Waals surface area contributed by atoms with Crippen molar-refractivity contribution in [3.63, 3.8) is 0 Å². The van der Waals surface area contributed by atoms with Gasteiger partial charge in [0.1, 0.15) is 0 Å². The highest BCUT2D eigenvalue weighted by atomic mass is 16.5. The maximum Gasteiger partial charge on any atom is 0.156 e. The molecule has 2 saturated heterocycles. The molecule has 3 aromatic rings. The van der Waals surface area contributed by atoms with Crippen LogP contribution in [0.25, 0.3) is 5.65 Å². The molecule has 8 heteroatoms. The quantitative estimate of drug-likeness (QED) is 0.646. The van der Waals surface area contributed by atoms with Gasteiger partial charge in [-0.15, -0.1) is 0 Å². The Bertz CT molecular complexity index is 988. The zero-order valence-corrected chi connectivity index (χ0v) is 17.9. The molecule has 5 heterocycles. The summed E-state index contributed by atoms with van der Waals surface area (Å²) in [6.45, 7) is 10.8. The van der Waals surface area contributed by atoms with E-state index in [0.29, 0.717) is 12.0 Å². The lowest BCUT2D eigenvalue weighted by Gasteiger charge is -2.31. The highest BCUT2D eigenvalue weighted by Gasteiger charge is 2.25. The minimum atomic E-state index is 0.380. The number of hydrogen-bond acceptors (Lipinski definition) is 6. The minimum Gasteiger partial charge on any atom is -0.378 e. The summed E-state index contributed by atoms with van der Waals surface area (Å²) < 4.78 is 9.46. The number of nitrogens with zero attached hydrogens (tertiary/aromatic N) is 7. The van der Waals surface area contributed by atoms with E-state index in [1.165, 1.54) is 17.7 Å². The van der Waals surface area contributed by atoms with Gasteiger partial charge in [-0.25, -0.2) is 9.50 Å². The van der Waals surface area contributed by atoms with Gasteiger partial charge in [-0.3, -0.25) is 9.58 Å². The molecule has 0 aromatic carbocycles. The number of fused-ring (bicyclic) bond motifs is 1. The molecule has 0 saturated carbocycles. The number of aromatic nitrogens is 5. The zero-order chi connectivity index (χ0) is 20.5. The van der Waals surface area contributed by atoms with Gasteiger partial charge in [0.15, 0.2) is 11.5 Å². The van der Waals surface area contributed by atoms with Gasteiger partial charge in [-0.05, 0) is 45.4 Å². The Morgan fingerprint density at radius 1 is 1.13 bits per heavy atom. The smallest absolute Gasteiger partial charge is 0.156 e. The largest absolute Gasteiger partial charge is 0.378 e. The molecule has 2 fully saturated rings. The number of ether oxygens (including phenoxy) is 1. The van der Waals surface area contributed by atoms with Crippen molar-refractivity contribution in [3.8, 4) is 0 Å². The fraction of sp³-hybridized carbons (Fsp3) is 0.591. The van der Waals surface area contributed by atoms with Crippen molar-refractivity contribution in [2.75, 3.05) is 44.3 Å². The number of pyridine rings is 1. The molecule has 1 atom stereocenters. The van der Waals surface area contributed by atoms with Crippen LogP contribution in [-0.2, 0) is 11.3 Å². The highest BCUT2D eigenvalue weighted by Crippen LogP contribution is 2.27. The van der Waals surface area contributed by atoms with E-state index in [1.54, 1.807) is 0 Å². The van der Waals surface area contributed by atoms with Crippen molar-refractivity contribution in [2.24, 2.45) is 0 Å². The summed E-state index contributed by atoms with van der Waals surface area (Å²) >= 11 is 0. The van der Waals surface area contributed by atoms with Gasteiger partial charge < -0.3 is 9.64 Å². The van der Waals surface area contributed by atoms with E-state index in [4.69, 9.17) is 14.8 Å². The predicted molar refractivity (Wildman–Crippen MR) is 116 cm³/mol. The molecule has 0 amide bonds. The van der Waals surface area contributed by atoms with E-state index >= 15 is 0 Å². The third-order valence-corrected chi connectivity index (χ3v) is 6.17. The van der Waals surface area contributed by atoms with Crippen molar-refractivity contribution in [2.45, 2.75) is 45.2 Å². The maximum atomic E-state index is 5.47. The average molecular weight is 410 g/mol. The number of morpholine rings is 1. The maximum absolute atomic E-state index is 5.47. The first-order valence-corrected chi connectivity index (χ1v) is 11.1. The van der Waals surface area contributed by atoms with E-state index in [2.05, 4.69) is 53.3 Å². The molecule has 0 aliphatic carbocycles. The topological polar surface area (TPSA) is 63.7 Å². The summed E-state index contributed by atoms with van der Waals surface area (Å²) in [5, 5.41) is 9.35. The third kappa shape index (κ3) is 4.06. The fourth-order valence-corrected chi connectivity index (χ4v) is 4.48. The van der Waals surface area contributed by atoms with Crippen LogP contribution in [0.3, 0.4) is 0 Å². The molecule has 0 bridgehead atoms. The van der Waals surface area contributed by atoms with Crippen LogP contribution in [0.15, 0.2) is 30.7 Å². The van der Waals surface area contributed by atoms with Crippen LogP contribution in [-0.4, -0.2) is 68.7 Å². The molecule has 30 heavy (non-hydrogen) atoms. The Morgan fingerprint density at radius 3 is 2.80 bits per heavy atom. The van der Waals surface area contributed by atoms with Crippen LogP contribution < -0.4 is 4.90 Å². The lowest BCUT2D eigenvalue weighted by molar-refractivity contribution is 0.122. The molecular weight excluding hydrogens is 378 g/mol. The van der Waals surface area contributed by atoms with Crippen molar-refractivity contribution < 1.29 is 4.74 Å². The van der Waals surface area contributed by atoms with Gasteiger partial charge in [0.2, 0.25) is 0 Å². The molecule has 2 aliphatic rings. The molecule has 8 nitrogen and oxygen atoms in total. The summed E-state index contributed by atoms with van der Waals surface area (Å²) in [4.78, 5) is 9.72. The Morgan fingerprint density at radius 2 is 2.00 bits per heavy atom. The second-order valence-corrected chi connectivity index (χ2v) is 8.76. The molecule has 5 rings (SSSR count). The first-order chi connectivity index (χ1) is 14.7. The number of rotatable bonds is 5. The van der Waals surface area contributed by atoms with Crippen LogP contribution in [0, 0.1) is 0 Å². The number of piperidine rings is 1. The Balaban J connectivity index is 1.29. The van der Waals surface area contributed by atoms with E-state index in [1.807, 2.05) is 15.4 Å². The summed E-state index contributed by atoms with van der Waals surface area (Å²) in [7, 11) is 0. The Hall–Kier alpha value is -2.45. The molecule has 0 radical (unpaired) electrons. The normalized spacial score (nSPS) is 21.0.